The van der Waals surface area contributed by atoms with Gasteiger partial charge in [-0.15, -0.1) is 0 Å². The van der Waals surface area contributed by atoms with E-state index in [1.807, 2.05) is 6.20 Å². The highest BCUT2D eigenvalue weighted by molar-refractivity contribution is 9.10. The molecule has 68 valence electrons. The van der Waals surface area contributed by atoms with Crippen molar-refractivity contribution in [2.45, 2.75) is 6.54 Å². The highest BCUT2D eigenvalue weighted by atomic mass is 79.9. The van der Waals surface area contributed by atoms with E-state index in [0.29, 0.717) is 6.54 Å². The molecule has 0 saturated carbocycles. The van der Waals surface area contributed by atoms with E-state index < -0.39 is 0 Å². The lowest BCUT2D eigenvalue weighted by molar-refractivity contribution is 0.333. The number of nitrogens with one attached hydrogen (secondary N) is 1. The summed E-state index contributed by atoms with van der Waals surface area (Å²) in [6, 6.07) is 2.08. The molecule has 0 atom stereocenters. The summed E-state index contributed by atoms with van der Waals surface area (Å²) in [5.74, 6) is 0. The molecule has 0 spiro atoms. The van der Waals surface area contributed by atoms with Crippen LogP contribution in [0.4, 0.5) is 0 Å². The van der Waals surface area contributed by atoms with E-state index in [-0.39, 0.29) is 0 Å². The van der Waals surface area contributed by atoms with Gasteiger partial charge in [-0.05, 0) is 29.0 Å². The Hall–Kier alpha value is -0.320. The lowest BCUT2D eigenvalue weighted by Crippen LogP contribution is -2.25. The molecule has 0 aliphatic heterocycles. The number of aromatic nitrogens is 1. The summed E-state index contributed by atoms with van der Waals surface area (Å²) in [6.45, 7) is 2.55. The zero-order valence-electron chi connectivity index (χ0n) is 7.18. The smallest absolute Gasteiger partial charge is 0.0382 e. The SMILES string of the molecule is CN(CCN)Cc1cc(Br)c[nH]1. The van der Waals surface area contributed by atoms with E-state index in [0.717, 1.165) is 17.6 Å². The molecule has 0 amide bonds. The summed E-state index contributed by atoms with van der Waals surface area (Å²) in [5, 5.41) is 0. The molecule has 0 saturated heterocycles. The van der Waals surface area contributed by atoms with Gasteiger partial charge in [0, 0.05) is 36.0 Å². The fraction of sp³-hybridized carbons (Fsp3) is 0.500. The van der Waals surface area contributed by atoms with E-state index in [1.54, 1.807) is 0 Å². The van der Waals surface area contributed by atoms with Crippen LogP contribution >= 0.6 is 15.9 Å². The number of hydrogen-bond acceptors (Lipinski definition) is 2. The second-order valence-corrected chi connectivity index (χ2v) is 3.79. The number of halogens is 1. The van der Waals surface area contributed by atoms with Crippen molar-refractivity contribution in [2.75, 3.05) is 20.1 Å². The molecule has 0 radical (unpaired) electrons. The van der Waals surface area contributed by atoms with Crippen molar-refractivity contribution in [1.82, 2.24) is 9.88 Å². The van der Waals surface area contributed by atoms with Gasteiger partial charge in [-0.1, -0.05) is 0 Å². The molecule has 1 rings (SSSR count). The van der Waals surface area contributed by atoms with Crippen LogP contribution < -0.4 is 5.73 Å². The quantitative estimate of drug-likeness (QED) is 0.818. The number of rotatable bonds is 4. The molecular weight excluding hydrogens is 218 g/mol. The first-order valence-electron chi connectivity index (χ1n) is 3.94. The summed E-state index contributed by atoms with van der Waals surface area (Å²) in [4.78, 5) is 5.34. The van der Waals surface area contributed by atoms with E-state index in [1.165, 1.54) is 5.69 Å². The minimum Gasteiger partial charge on any atom is -0.363 e. The zero-order chi connectivity index (χ0) is 8.97. The van der Waals surface area contributed by atoms with Crippen molar-refractivity contribution < 1.29 is 0 Å². The second kappa shape index (κ2) is 4.64. The first kappa shape index (κ1) is 9.77. The first-order valence-corrected chi connectivity index (χ1v) is 4.73. The molecule has 3 nitrogen and oxygen atoms in total. The lowest BCUT2D eigenvalue weighted by Gasteiger charge is -2.13. The van der Waals surface area contributed by atoms with Crippen LogP contribution in [0.25, 0.3) is 0 Å². The number of likely N-dealkylation sites (N-methyl/N-ethyl adjacent to an activating group) is 1. The zero-order valence-corrected chi connectivity index (χ0v) is 8.76. The van der Waals surface area contributed by atoms with Crippen LogP contribution in [-0.2, 0) is 6.54 Å². The minimum absolute atomic E-state index is 0.707. The van der Waals surface area contributed by atoms with Gasteiger partial charge in [-0.25, -0.2) is 0 Å². The first-order chi connectivity index (χ1) is 5.72. The average Bonchev–Trinajstić information content (AvgIpc) is 2.36. The molecule has 0 aromatic carbocycles. The van der Waals surface area contributed by atoms with Crippen LogP contribution in [0.3, 0.4) is 0 Å². The van der Waals surface area contributed by atoms with Gasteiger partial charge in [0.05, 0.1) is 0 Å². The monoisotopic (exact) mass is 231 g/mol. The number of H-pyrrole nitrogens is 1. The average molecular weight is 232 g/mol. The number of hydrogen-bond donors (Lipinski definition) is 2. The van der Waals surface area contributed by atoms with Gasteiger partial charge in [0.15, 0.2) is 0 Å². The Morgan fingerprint density at radius 2 is 2.42 bits per heavy atom. The van der Waals surface area contributed by atoms with Crippen LogP contribution in [0, 0.1) is 0 Å². The van der Waals surface area contributed by atoms with Crippen molar-refractivity contribution in [3.63, 3.8) is 0 Å². The number of aromatic amines is 1. The molecule has 0 bridgehead atoms. The summed E-state index contributed by atoms with van der Waals surface area (Å²) in [7, 11) is 2.06. The molecule has 0 fully saturated rings. The number of nitrogens with two attached hydrogens (primary N) is 1. The fourth-order valence-corrected chi connectivity index (χ4v) is 1.48. The highest BCUT2D eigenvalue weighted by Crippen LogP contribution is 2.11. The number of nitrogens with zero attached hydrogens (tertiary/aromatic N) is 1. The molecule has 0 unspecified atom stereocenters. The molecular formula is C8H14BrN3. The van der Waals surface area contributed by atoms with Gasteiger partial charge in [-0.3, -0.25) is 4.90 Å². The molecule has 1 aromatic heterocycles. The van der Waals surface area contributed by atoms with Gasteiger partial charge in [0.1, 0.15) is 0 Å². The molecule has 3 N–H and O–H groups in total. The van der Waals surface area contributed by atoms with Crippen molar-refractivity contribution in [3.8, 4) is 0 Å². The summed E-state index contributed by atoms with van der Waals surface area (Å²) >= 11 is 3.39. The normalized spacial score (nSPS) is 11.0. The molecule has 4 heteroatoms. The fourth-order valence-electron chi connectivity index (χ4n) is 1.09. The van der Waals surface area contributed by atoms with Gasteiger partial charge in [0.25, 0.3) is 0 Å². The van der Waals surface area contributed by atoms with Crippen LogP contribution in [0.1, 0.15) is 5.69 Å². The Morgan fingerprint density at radius 1 is 1.67 bits per heavy atom. The van der Waals surface area contributed by atoms with E-state index in [4.69, 9.17) is 5.73 Å². The van der Waals surface area contributed by atoms with Crippen LogP contribution in [0.5, 0.6) is 0 Å². The predicted molar refractivity (Wildman–Crippen MR) is 53.9 cm³/mol. The van der Waals surface area contributed by atoms with Crippen LogP contribution in [0.15, 0.2) is 16.7 Å². The van der Waals surface area contributed by atoms with Crippen molar-refractivity contribution >= 4 is 15.9 Å². The maximum atomic E-state index is 5.43. The molecule has 12 heavy (non-hydrogen) atoms. The van der Waals surface area contributed by atoms with Crippen LogP contribution in [-0.4, -0.2) is 30.0 Å². The van der Waals surface area contributed by atoms with Crippen molar-refractivity contribution in [2.24, 2.45) is 5.73 Å². The highest BCUT2D eigenvalue weighted by Gasteiger charge is 2.00. The Morgan fingerprint density at radius 3 is 2.92 bits per heavy atom. The third kappa shape index (κ3) is 2.97. The Bertz CT molecular complexity index is 234. The van der Waals surface area contributed by atoms with Gasteiger partial charge < -0.3 is 10.7 Å². The largest absolute Gasteiger partial charge is 0.363 e. The Kier molecular flexibility index (Phi) is 3.78. The van der Waals surface area contributed by atoms with Crippen molar-refractivity contribution in [1.29, 1.82) is 0 Å². The second-order valence-electron chi connectivity index (χ2n) is 2.87. The summed E-state index contributed by atoms with van der Waals surface area (Å²) in [5.41, 5.74) is 6.63. The predicted octanol–water partition coefficient (Wildman–Crippen LogP) is 1.17. The van der Waals surface area contributed by atoms with E-state index in [9.17, 15) is 0 Å². The maximum Gasteiger partial charge on any atom is 0.0382 e. The molecule has 1 aromatic rings. The minimum atomic E-state index is 0.707. The van der Waals surface area contributed by atoms with E-state index in [2.05, 4.69) is 38.9 Å². The molecule has 0 aliphatic carbocycles. The molecule has 1 heterocycles. The lowest BCUT2D eigenvalue weighted by atomic mass is 10.4. The maximum absolute atomic E-state index is 5.43. The standard InChI is InChI=1S/C8H14BrN3/c1-12(3-2-10)6-8-4-7(9)5-11-8/h4-5,11H,2-3,6,10H2,1H3. The third-order valence-electron chi connectivity index (χ3n) is 1.66. The van der Waals surface area contributed by atoms with Gasteiger partial charge in [-0.2, -0.15) is 0 Å². The topological polar surface area (TPSA) is 45.0 Å². The van der Waals surface area contributed by atoms with Crippen LogP contribution in [0.2, 0.25) is 0 Å². The third-order valence-corrected chi connectivity index (χ3v) is 2.12. The van der Waals surface area contributed by atoms with E-state index >= 15 is 0 Å². The summed E-state index contributed by atoms with van der Waals surface area (Å²) in [6.07, 6.45) is 1.94. The Balaban J connectivity index is 2.41. The van der Waals surface area contributed by atoms with Gasteiger partial charge >= 0.3 is 0 Å². The Labute approximate surface area is 81.1 Å². The molecule has 0 aliphatic rings. The van der Waals surface area contributed by atoms with Gasteiger partial charge in [0.2, 0.25) is 0 Å². The summed E-state index contributed by atoms with van der Waals surface area (Å²) < 4.78 is 1.10. The van der Waals surface area contributed by atoms with Crippen molar-refractivity contribution in [3.05, 3.63) is 22.4 Å².